The van der Waals surface area contributed by atoms with Gasteiger partial charge in [0.05, 0.1) is 0 Å². The summed E-state index contributed by atoms with van der Waals surface area (Å²) in [7, 11) is 0. The number of rotatable bonds is 0. The Morgan fingerprint density at radius 3 is 0.875 bits per heavy atom. The van der Waals surface area contributed by atoms with Crippen LogP contribution in [0.15, 0.2) is 0 Å². The molecule has 0 aromatic heterocycles. The van der Waals surface area contributed by atoms with Gasteiger partial charge in [-0.2, -0.15) is 10.5 Å². The van der Waals surface area contributed by atoms with Crippen molar-refractivity contribution >= 4 is 0 Å². The highest BCUT2D eigenvalue weighted by molar-refractivity contribution is 4.31. The molecule has 0 unspecified atom stereocenters. The summed E-state index contributed by atoms with van der Waals surface area (Å²) in [6.45, 7) is 0. The summed E-state index contributed by atoms with van der Waals surface area (Å²) >= 11 is 0. The second kappa shape index (κ2) is 446. The lowest BCUT2D eigenvalue weighted by Gasteiger charge is -1.25. The zero-order valence-corrected chi connectivity index (χ0v) is 4.20. The van der Waals surface area contributed by atoms with Crippen LogP contribution in [0.3, 0.4) is 0 Å². The van der Waals surface area contributed by atoms with E-state index in [0.717, 1.165) is 12.5 Å². The van der Waals surface area contributed by atoms with Crippen molar-refractivity contribution < 1.29 is 10.2 Å². The van der Waals surface area contributed by atoms with Crippen LogP contribution in [0.4, 0.5) is 0 Å². The Hall–Kier alpha value is -1.50. The monoisotopic (exact) mass is 120 g/mol. The predicted octanol–water partition coefficient (Wildman–Crippen LogP) is 0.00396. The van der Waals surface area contributed by atoms with Gasteiger partial charge >= 0.3 is 0 Å². The van der Waals surface area contributed by atoms with Gasteiger partial charge in [-0.15, -0.1) is 0 Å². The van der Waals surface area contributed by atoms with E-state index in [1.807, 2.05) is 0 Å². The minimum Gasteiger partial charge on any atom is -0.443 e. The number of aliphatic hydroxyl groups excluding tert-OH is 2. The molecule has 6 nitrogen and oxygen atoms in total. The van der Waals surface area contributed by atoms with Crippen LogP contribution < -0.4 is 12.3 Å². The zero-order chi connectivity index (χ0) is 5.41. The number of hydrogen-bond acceptors (Lipinski definition) is 6. The quantitative estimate of drug-likeness (QED) is 0.329. The number of nitriles is 2. The van der Waals surface area contributed by atoms with Crippen LogP contribution >= 0.6 is 0 Å². The fourth-order valence-electron chi connectivity index (χ4n) is 0. The predicted molar refractivity (Wildman–Crippen MR) is 25.1 cm³/mol. The van der Waals surface area contributed by atoms with E-state index in [4.69, 9.17) is 20.7 Å². The smallest absolute Gasteiger partial charge is 0.283 e. The molecule has 0 aliphatic rings. The van der Waals surface area contributed by atoms with E-state index in [0.29, 0.717) is 0 Å². The molecule has 6 heteroatoms. The van der Waals surface area contributed by atoms with Gasteiger partial charge in [0, 0.05) is 0 Å². The second-order valence-corrected chi connectivity index (χ2v) is 0.200. The molecule has 8 heavy (non-hydrogen) atoms. The van der Waals surface area contributed by atoms with E-state index in [9.17, 15) is 0 Å². The van der Waals surface area contributed by atoms with Crippen molar-refractivity contribution in [3.05, 3.63) is 0 Å². The lowest BCUT2D eigenvalue weighted by atomic mass is 11.6. The topological polar surface area (TPSA) is 158 Å². The minimum atomic E-state index is 0. The van der Waals surface area contributed by atoms with Gasteiger partial charge in [0.15, 0.2) is 0 Å². The van der Waals surface area contributed by atoms with Crippen molar-refractivity contribution in [1.29, 1.82) is 10.5 Å². The van der Waals surface area contributed by atoms with Crippen molar-refractivity contribution in [3.8, 4) is 12.5 Å². The first-order valence-electron chi connectivity index (χ1n) is 0.894. The molecule has 0 aliphatic heterocycles. The van der Waals surface area contributed by atoms with Crippen molar-refractivity contribution in [3.63, 3.8) is 0 Å². The van der Waals surface area contributed by atoms with Gasteiger partial charge in [-0.25, -0.2) is 0 Å². The van der Waals surface area contributed by atoms with Crippen molar-refractivity contribution in [1.82, 2.24) is 12.3 Å². The number of hydrogen-bond donors (Lipinski definition) is 4. The average Bonchev–Trinajstić information content (AvgIpc) is 1.39. The molecule has 48 valence electrons. The largest absolute Gasteiger partial charge is 0.443 e. The molecule has 8 N–H and O–H groups in total. The molecular weight excluding hydrogens is 112 g/mol. The van der Waals surface area contributed by atoms with E-state index in [1.165, 1.54) is 0 Å². The van der Waals surface area contributed by atoms with E-state index in [2.05, 4.69) is 0 Å². The van der Waals surface area contributed by atoms with Crippen molar-refractivity contribution in [2.24, 2.45) is 0 Å². The fourth-order valence-corrected chi connectivity index (χ4v) is 0. The fraction of sp³-hybridized carbons (Fsp3) is 0. The Kier molecular flexibility index (Phi) is 1750. The van der Waals surface area contributed by atoms with Gasteiger partial charge in [0.2, 0.25) is 0 Å². The summed E-state index contributed by atoms with van der Waals surface area (Å²) in [5.74, 6) is 0. The molecule has 0 aromatic carbocycles. The Morgan fingerprint density at radius 2 is 0.875 bits per heavy atom. The summed E-state index contributed by atoms with van der Waals surface area (Å²) in [4.78, 5) is 0. The maximum Gasteiger partial charge on any atom is 0.283 e. The number of aliphatic hydroxyl groups is 2. The molecule has 0 radical (unpaired) electrons. The molecule has 0 aromatic rings. The van der Waals surface area contributed by atoms with E-state index < -0.39 is 0 Å². The van der Waals surface area contributed by atoms with Crippen molar-refractivity contribution in [2.75, 3.05) is 0 Å². The summed E-state index contributed by atoms with van der Waals surface area (Å²) in [6, 6.07) is 0. The molecule has 0 heterocycles. The molecule has 0 spiro atoms. The van der Waals surface area contributed by atoms with Crippen molar-refractivity contribution in [2.45, 2.75) is 0 Å². The molecule has 0 aliphatic carbocycles. The van der Waals surface area contributed by atoms with Crippen LogP contribution in [0.1, 0.15) is 0 Å². The third-order valence-electron chi connectivity index (χ3n) is 0. The van der Waals surface area contributed by atoms with E-state index >= 15 is 0 Å². The standard InChI is InChI=1S/2CHNO.2H3N/c2*2-1-3;;/h2*3H;2*1H3. The molecule has 0 atom stereocenters. The average molecular weight is 120 g/mol. The first kappa shape index (κ1) is 31.5. The molecule has 0 saturated carbocycles. The molecule has 0 saturated heterocycles. The van der Waals surface area contributed by atoms with Gasteiger partial charge in [-0.3, -0.25) is 0 Å². The van der Waals surface area contributed by atoms with Crippen LogP contribution in [-0.2, 0) is 0 Å². The molecule has 0 bridgehead atoms. The third-order valence-corrected chi connectivity index (χ3v) is 0. The Balaban J connectivity index is -0.0000000160. The Bertz CT molecular complexity index is 67.0. The lowest BCUT2D eigenvalue weighted by Crippen LogP contribution is -1.27. The summed E-state index contributed by atoms with van der Waals surface area (Å²) in [5, 5.41) is 27.5. The summed E-state index contributed by atoms with van der Waals surface area (Å²) < 4.78 is 0. The van der Waals surface area contributed by atoms with Crippen LogP contribution in [0, 0.1) is 23.0 Å². The Morgan fingerprint density at radius 1 is 0.875 bits per heavy atom. The normalized spacial score (nSPS) is 1.75. The van der Waals surface area contributed by atoms with Crippen LogP contribution in [0.25, 0.3) is 0 Å². The second-order valence-electron chi connectivity index (χ2n) is 0.200. The summed E-state index contributed by atoms with van der Waals surface area (Å²) in [5.41, 5.74) is 0. The van der Waals surface area contributed by atoms with Gasteiger partial charge in [0.25, 0.3) is 12.5 Å². The lowest BCUT2D eigenvalue weighted by molar-refractivity contribution is 0.502. The third kappa shape index (κ3) is 24.5. The SMILES string of the molecule is N.N.N#CO.N#CO. The minimum absolute atomic E-state index is 0. The maximum atomic E-state index is 6.88. The zero-order valence-electron chi connectivity index (χ0n) is 4.20. The first-order chi connectivity index (χ1) is 2.83. The molecule has 0 rings (SSSR count). The highest BCUT2D eigenvalue weighted by atomic mass is 16.2. The maximum absolute atomic E-state index is 6.88. The first-order valence-corrected chi connectivity index (χ1v) is 0.894. The highest BCUT2D eigenvalue weighted by Crippen LogP contribution is 1.06. The van der Waals surface area contributed by atoms with E-state index in [1.54, 1.807) is 0 Å². The summed E-state index contributed by atoms with van der Waals surface area (Å²) in [6.07, 6.45) is 1.50. The van der Waals surface area contributed by atoms with Crippen LogP contribution in [0.5, 0.6) is 0 Å². The molecule has 0 fully saturated rings. The van der Waals surface area contributed by atoms with Gasteiger partial charge in [-0.1, -0.05) is 0 Å². The number of nitrogens with zero attached hydrogens (tertiary/aromatic N) is 2. The van der Waals surface area contributed by atoms with E-state index in [-0.39, 0.29) is 12.3 Å². The Labute approximate surface area is 46.8 Å². The van der Waals surface area contributed by atoms with Gasteiger partial charge in [0.1, 0.15) is 0 Å². The van der Waals surface area contributed by atoms with Crippen LogP contribution in [0.2, 0.25) is 0 Å². The highest BCUT2D eigenvalue weighted by Gasteiger charge is 1.16. The van der Waals surface area contributed by atoms with Crippen LogP contribution in [-0.4, -0.2) is 10.2 Å². The molecular formula is C2H8N4O2. The van der Waals surface area contributed by atoms with Gasteiger partial charge in [-0.05, 0) is 0 Å². The van der Waals surface area contributed by atoms with Gasteiger partial charge < -0.3 is 22.5 Å². The molecule has 0 amide bonds.